The van der Waals surface area contributed by atoms with Gasteiger partial charge in [0.25, 0.3) is 0 Å². The van der Waals surface area contributed by atoms with Crippen molar-refractivity contribution < 1.29 is 4.74 Å². The number of rotatable bonds is 3. The molecule has 0 bridgehead atoms. The Kier molecular flexibility index (Phi) is 4.16. The van der Waals surface area contributed by atoms with Crippen LogP contribution in [0.25, 0.3) is 6.08 Å². The highest BCUT2D eigenvalue weighted by Crippen LogP contribution is 2.42. The van der Waals surface area contributed by atoms with E-state index in [0.29, 0.717) is 5.92 Å². The Morgan fingerprint density at radius 2 is 1.42 bits per heavy atom. The second-order valence-electron chi connectivity index (χ2n) is 6.17. The lowest BCUT2D eigenvalue weighted by Gasteiger charge is -2.31. The van der Waals surface area contributed by atoms with Crippen LogP contribution in [0.15, 0.2) is 91.0 Å². The fourth-order valence-electron chi connectivity index (χ4n) is 3.30. The predicted octanol–water partition coefficient (Wildman–Crippen LogP) is 6.01. The molecule has 0 amide bonds. The molecule has 2 atom stereocenters. The second kappa shape index (κ2) is 6.76. The number of ether oxygens (including phenoxy) is 1. The van der Waals surface area contributed by atoms with E-state index in [2.05, 4.69) is 78.9 Å². The highest BCUT2D eigenvalue weighted by molar-refractivity contribution is 5.52. The van der Waals surface area contributed by atoms with Crippen LogP contribution >= 0.6 is 0 Å². The van der Waals surface area contributed by atoms with Gasteiger partial charge < -0.3 is 4.74 Å². The van der Waals surface area contributed by atoms with Crippen molar-refractivity contribution in [2.75, 3.05) is 0 Å². The van der Waals surface area contributed by atoms with E-state index in [1.165, 1.54) is 16.7 Å². The number of hydrogen-bond acceptors (Lipinski definition) is 1. The van der Waals surface area contributed by atoms with E-state index in [9.17, 15) is 0 Å². The summed E-state index contributed by atoms with van der Waals surface area (Å²) in [6.45, 7) is 0. The van der Waals surface area contributed by atoms with Crippen molar-refractivity contribution in [2.45, 2.75) is 18.4 Å². The van der Waals surface area contributed by atoms with Crippen LogP contribution < -0.4 is 4.74 Å². The molecule has 1 heteroatoms. The number of para-hydroxylation sites is 1. The summed E-state index contributed by atoms with van der Waals surface area (Å²) < 4.78 is 6.27. The smallest absolute Gasteiger partial charge is 0.125 e. The Morgan fingerprint density at radius 1 is 0.750 bits per heavy atom. The van der Waals surface area contributed by atoms with E-state index >= 15 is 0 Å². The van der Waals surface area contributed by atoms with E-state index < -0.39 is 0 Å². The number of fused-ring (bicyclic) bond motifs is 1. The van der Waals surface area contributed by atoms with Gasteiger partial charge in [-0.25, -0.2) is 0 Å². The Labute approximate surface area is 143 Å². The van der Waals surface area contributed by atoms with Crippen molar-refractivity contribution in [3.63, 3.8) is 0 Å². The molecule has 24 heavy (non-hydrogen) atoms. The molecule has 0 N–H and O–H groups in total. The van der Waals surface area contributed by atoms with Crippen LogP contribution in [0.2, 0.25) is 0 Å². The van der Waals surface area contributed by atoms with Gasteiger partial charge in [-0.05, 0) is 23.6 Å². The Bertz CT molecular complexity index is 821. The summed E-state index contributed by atoms with van der Waals surface area (Å²) in [5.41, 5.74) is 3.75. The highest BCUT2D eigenvalue weighted by atomic mass is 16.5. The average molecular weight is 312 g/mol. The second-order valence-corrected chi connectivity index (χ2v) is 6.17. The molecule has 1 aliphatic heterocycles. The highest BCUT2D eigenvalue weighted by Gasteiger charge is 2.27. The van der Waals surface area contributed by atoms with Gasteiger partial charge in [-0.2, -0.15) is 0 Å². The minimum absolute atomic E-state index is 0.103. The van der Waals surface area contributed by atoms with Gasteiger partial charge in [-0.15, -0.1) is 0 Å². The molecule has 0 radical (unpaired) electrons. The van der Waals surface area contributed by atoms with Gasteiger partial charge in [0.2, 0.25) is 0 Å². The first kappa shape index (κ1) is 14.8. The van der Waals surface area contributed by atoms with Crippen molar-refractivity contribution >= 4 is 6.08 Å². The third-order valence-corrected chi connectivity index (χ3v) is 4.55. The third-order valence-electron chi connectivity index (χ3n) is 4.55. The zero-order valence-electron chi connectivity index (χ0n) is 13.5. The van der Waals surface area contributed by atoms with Crippen LogP contribution in [-0.4, -0.2) is 0 Å². The molecule has 118 valence electrons. The number of hydrogen-bond donors (Lipinski definition) is 0. The van der Waals surface area contributed by atoms with Gasteiger partial charge in [-0.3, -0.25) is 0 Å². The van der Waals surface area contributed by atoms with Crippen molar-refractivity contribution in [1.82, 2.24) is 0 Å². The van der Waals surface area contributed by atoms with Crippen LogP contribution in [0, 0.1) is 0 Å². The molecule has 1 nitrogen and oxygen atoms in total. The molecule has 0 fully saturated rings. The minimum atomic E-state index is 0.103. The first-order valence-corrected chi connectivity index (χ1v) is 8.44. The first-order valence-electron chi connectivity index (χ1n) is 8.44. The zero-order valence-corrected chi connectivity index (χ0v) is 13.5. The van der Waals surface area contributed by atoms with Gasteiger partial charge in [0.1, 0.15) is 11.9 Å². The van der Waals surface area contributed by atoms with Gasteiger partial charge in [0.05, 0.1) is 0 Å². The summed E-state index contributed by atoms with van der Waals surface area (Å²) in [6.07, 6.45) is 5.60. The van der Waals surface area contributed by atoms with Crippen molar-refractivity contribution in [1.29, 1.82) is 0 Å². The molecule has 0 saturated heterocycles. The van der Waals surface area contributed by atoms with Crippen LogP contribution in [-0.2, 0) is 0 Å². The number of benzene rings is 3. The molecule has 0 aromatic heterocycles. The standard InChI is InChI=1S/C23H20O/c1-3-9-18(10-4-1)15-16-20-17-23(19-11-5-2-6-12-19)24-22-14-8-7-13-21(20)22/h1-16,20,23H,17H2. The lowest BCUT2D eigenvalue weighted by Crippen LogP contribution is -2.18. The summed E-state index contributed by atoms with van der Waals surface area (Å²) in [4.78, 5) is 0. The molecule has 2 unspecified atom stereocenters. The largest absolute Gasteiger partial charge is 0.485 e. The predicted molar refractivity (Wildman–Crippen MR) is 99.1 cm³/mol. The SMILES string of the molecule is C(=CC1CC(c2ccccc2)Oc2ccccc21)c1ccccc1. The summed E-state index contributed by atoms with van der Waals surface area (Å²) in [7, 11) is 0. The topological polar surface area (TPSA) is 9.23 Å². The van der Waals surface area contributed by atoms with E-state index in [1.807, 2.05) is 18.2 Å². The maximum atomic E-state index is 6.27. The summed E-state index contributed by atoms with van der Waals surface area (Å²) >= 11 is 0. The van der Waals surface area contributed by atoms with Crippen molar-refractivity contribution in [3.8, 4) is 5.75 Å². The number of allylic oxidation sites excluding steroid dienone is 1. The summed E-state index contributed by atoms with van der Waals surface area (Å²) in [5, 5.41) is 0. The maximum absolute atomic E-state index is 6.27. The summed E-state index contributed by atoms with van der Waals surface area (Å²) in [5.74, 6) is 1.36. The summed E-state index contributed by atoms with van der Waals surface area (Å²) in [6, 6.07) is 29.4. The van der Waals surface area contributed by atoms with E-state index in [1.54, 1.807) is 0 Å². The zero-order chi connectivity index (χ0) is 16.2. The van der Waals surface area contributed by atoms with Gasteiger partial charge in [0, 0.05) is 11.5 Å². The van der Waals surface area contributed by atoms with Crippen LogP contribution in [0.5, 0.6) is 5.75 Å². The molecule has 1 heterocycles. The maximum Gasteiger partial charge on any atom is 0.125 e. The quantitative estimate of drug-likeness (QED) is 0.575. The normalized spacial score (nSPS) is 19.7. The van der Waals surface area contributed by atoms with E-state index in [0.717, 1.165) is 12.2 Å². The molecule has 0 saturated carbocycles. The first-order chi connectivity index (χ1) is 11.9. The molecule has 0 spiro atoms. The molecule has 0 aliphatic carbocycles. The Balaban J connectivity index is 1.66. The van der Waals surface area contributed by atoms with Crippen LogP contribution in [0.3, 0.4) is 0 Å². The lowest BCUT2D eigenvalue weighted by atomic mass is 9.87. The van der Waals surface area contributed by atoms with Gasteiger partial charge in [0.15, 0.2) is 0 Å². The molecule has 4 rings (SSSR count). The molecule has 3 aromatic rings. The fraction of sp³-hybridized carbons (Fsp3) is 0.130. The van der Waals surface area contributed by atoms with Gasteiger partial charge in [-0.1, -0.05) is 91.0 Å². The van der Waals surface area contributed by atoms with Crippen LogP contribution in [0.1, 0.15) is 35.1 Å². The van der Waals surface area contributed by atoms with Crippen LogP contribution in [0.4, 0.5) is 0 Å². The fourth-order valence-corrected chi connectivity index (χ4v) is 3.30. The van der Waals surface area contributed by atoms with Crippen molar-refractivity contribution in [3.05, 3.63) is 108 Å². The monoisotopic (exact) mass is 312 g/mol. The van der Waals surface area contributed by atoms with E-state index in [-0.39, 0.29) is 6.10 Å². The third kappa shape index (κ3) is 3.11. The molecule has 1 aliphatic rings. The lowest BCUT2D eigenvalue weighted by molar-refractivity contribution is 0.169. The van der Waals surface area contributed by atoms with Crippen molar-refractivity contribution in [2.24, 2.45) is 0 Å². The molecular formula is C23H20O. The Hall–Kier alpha value is -2.80. The Morgan fingerprint density at radius 3 is 2.21 bits per heavy atom. The molecular weight excluding hydrogens is 292 g/mol. The van der Waals surface area contributed by atoms with Gasteiger partial charge >= 0.3 is 0 Å². The van der Waals surface area contributed by atoms with E-state index in [4.69, 9.17) is 4.74 Å². The average Bonchev–Trinajstić information content (AvgIpc) is 2.67. The molecule has 3 aromatic carbocycles. The minimum Gasteiger partial charge on any atom is -0.485 e.